The average Bonchev–Trinajstić information content (AvgIpc) is 2.79. The summed E-state index contributed by atoms with van der Waals surface area (Å²) in [6.07, 6.45) is 1.76. The molecule has 0 saturated carbocycles. The number of benzene rings is 1. The standard InChI is InChI=1S/C12H16N4O/c1-13-7-12-8-14-15-16(12)11-5-3-4-10(6-11)9-17-2/h3-6,8,13H,7,9H2,1-2H3. The molecule has 0 spiro atoms. The first kappa shape index (κ1) is 11.8. The second kappa shape index (κ2) is 5.56. The van der Waals surface area contributed by atoms with Gasteiger partial charge in [-0.15, -0.1) is 5.10 Å². The topological polar surface area (TPSA) is 52.0 Å². The summed E-state index contributed by atoms with van der Waals surface area (Å²) in [5.41, 5.74) is 3.15. The lowest BCUT2D eigenvalue weighted by Crippen LogP contribution is -2.11. The van der Waals surface area contributed by atoms with Crippen LogP contribution in [0.25, 0.3) is 5.69 Å². The summed E-state index contributed by atoms with van der Waals surface area (Å²) in [5.74, 6) is 0. The molecule has 1 heterocycles. The molecule has 5 nitrogen and oxygen atoms in total. The minimum Gasteiger partial charge on any atom is -0.380 e. The summed E-state index contributed by atoms with van der Waals surface area (Å²) in [5, 5.41) is 11.1. The van der Waals surface area contributed by atoms with Crippen LogP contribution >= 0.6 is 0 Å². The number of nitrogens with zero attached hydrogens (tertiary/aromatic N) is 3. The van der Waals surface area contributed by atoms with Crippen molar-refractivity contribution in [2.45, 2.75) is 13.2 Å². The van der Waals surface area contributed by atoms with Crippen LogP contribution in [0.4, 0.5) is 0 Å². The van der Waals surface area contributed by atoms with Gasteiger partial charge >= 0.3 is 0 Å². The number of aromatic nitrogens is 3. The molecule has 2 aromatic rings. The number of methoxy groups -OCH3 is 1. The molecule has 0 bridgehead atoms. The number of hydrogen-bond acceptors (Lipinski definition) is 4. The zero-order valence-corrected chi connectivity index (χ0v) is 10.1. The van der Waals surface area contributed by atoms with E-state index < -0.39 is 0 Å². The molecule has 0 aliphatic rings. The van der Waals surface area contributed by atoms with Crippen molar-refractivity contribution in [3.05, 3.63) is 41.7 Å². The van der Waals surface area contributed by atoms with Gasteiger partial charge in [0, 0.05) is 13.7 Å². The highest BCUT2D eigenvalue weighted by Crippen LogP contribution is 2.12. The van der Waals surface area contributed by atoms with Gasteiger partial charge in [0.05, 0.1) is 24.2 Å². The monoisotopic (exact) mass is 232 g/mol. The van der Waals surface area contributed by atoms with Crippen LogP contribution in [0.2, 0.25) is 0 Å². The third kappa shape index (κ3) is 2.69. The molecule has 0 radical (unpaired) electrons. The van der Waals surface area contributed by atoms with E-state index in [-0.39, 0.29) is 0 Å². The normalized spacial score (nSPS) is 10.7. The summed E-state index contributed by atoms with van der Waals surface area (Å²) < 4.78 is 6.95. The van der Waals surface area contributed by atoms with Crippen LogP contribution in [0.3, 0.4) is 0 Å². The molecule has 90 valence electrons. The third-order valence-electron chi connectivity index (χ3n) is 2.44. The van der Waals surface area contributed by atoms with Crippen molar-refractivity contribution in [3.63, 3.8) is 0 Å². The SMILES string of the molecule is CNCc1cnnn1-c1cccc(COC)c1. The largest absolute Gasteiger partial charge is 0.380 e. The Morgan fingerprint density at radius 1 is 1.41 bits per heavy atom. The Bertz CT molecular complexity index is 481. The summed E-state index contributed by atoms with van der Waals surface area (Å²) in [6.45, 7) is 1.34. The van der Waals surface area contributed by atoms with E-state index in [1.165, 1.54) is 0 Å². The molecule has 0 aliphatic carbocycles. The first-order valence-corrected chi connectivity index (χ1v) is 5.47. The fourth-order valence-corrected chi connectivity index (χ4v) is 1.72. The van der Waals surface area contributed by atoms with Gasteiger partial charge < -0.3 is 10.1 Å². The number of nitrogens with one attached hydrogen (secondary N) is 1. The molecular weight excluding hydrogens is 216 g/mol. The van der Waals surface area contributed by atoms with E-state index in [9.17, 15) is 0 Å². The zero-order valence-electron chi connectivity index (χ0n) is 10.1. The average molecular weight is 232 g/mol. The van der Waals surface area contributed by atoms with Crippen molar-refractivity contribution in [2.75, 3.05) is 14.2 Å². The molecule has 1 N–H and O–H groups in total. The van der Waals surface area contributed by atoms with Gasteiger partial charge in [0.2, 0.25) is 0 Å². The minimum absolute atomic E-state index is 0.601. The Morgan fingerprint density at radius 3 is 3.06 bits per heavy atom. The molecule has 0 fully saturated rings. The molecule has 1 aromatic carbocycles. The highest BCUT2D eigenvalue weighted by molar-refractivity contribution is 5.35. The highest BCUT2D eigenvalue weighted by atomic mass is 16.5. The van der Waals surface area contributed by atoms with Gasteiger partial charge in [0.1, 0.15) is 0 Å². The lowest BCUT2D eigenvalue weighted by Gasteiger charge is -2.07. The molecule has 0 aliphatic heterocycles. The predicted molar refractivity (Wildman–Crippen MR) is 64.8 cm³/mol. The van der Waals surface area contributed by atoms with E-state index in [1.54, 1.807) is 13.3 Å². The summed E-state index contributed by atoms with van der Waals surface area (Å²) >= 11 is 0. The maximum absolute atomic E-state index is 5.12. The van der Waals surface area contributed by atoms with Gasteiger partial charge in [0.25, 0.3) is 0 Å². The third-order valence-corrected chi connectivity index (χ3v) is 2.44. The fourth-order valence-electron chi connectivity index (χ4n) is 1.72. The molecule has 2 rings (SSSR count). The Balaban J connectivity index is 2.31. The van der Waals surface area contributed by atoms with Gasteiger partial charge in [-0.2, -0.15) is 0 Å². The van der Waals surface area contributed by atoms with Crippen molar-refractivity contribution in [3.8, 4) is 5.69 Å². The first-order chi connectivity index (χ1) is 8.35. The second-order valence-corrected chi connectivity index (χ2v) is 3.77. The zero-order chi connectivity index (χ0) is 12.1. The summed E-state index contributed by atoms with van der Waals surface area (Å²) in [4.78, 5) is 0. The maximum atomic E-state index is 5.12. The second-order valence-electron chi connectivity index (χ2n) is 3.77. The van der Waals surface area contributed by atoms with E-state index in [2.05, 4.69) is 21.7 Å². The molecule has 0 amide bonds. The minimum atomic E-state index is 0.601. The van der Waals surface area contributed by atoms with Gasteiger partial charge in [-0.05, 0) is 24.7 Å². The van der Waals surface area contributed by atoms with E-state index >= 15 is 0 Å². The van der Waals surface area contributed by atoms with Crippen LogP contribution in [0.1, 0.15) is 11.3 Å². The van der Waals surface area contributed by atoms with Crippen molar-refractivity contribution in [1.29, 1.82) is 0 Å². The van der Waals surface area contributed by atoms with Crippen molar-refractivity contribution >= 4 is 0 Å². The molecule has 17 heavy (non-hydrogen) atoms. The van der Waals surface area contributed by atoms with Crippen molar-refractivity contribution in [1.82, 2.24) is 20.3 Å². The summed E-state index contributed by atoms with van der Waals surface area (Å²) in [7, 11) is 3.59. The molecule has 0 unspecified atom stereocenters. The molecular formula is C12H16N4O. The van der Waals surface area contributed by atoms with Crippen molar-refractivity contribution in [2.24, 2.45) is 0 Å². The van der Waals surface area contributed by atoms with Crippen LogP contribution in [0.15, 0.2) is 30.5 Å². The number of hydrogen-bond donors (Lipinski definition) is 1. The molecule has 5 heteroatoms. The van der Waals surface area contributed by atoms with Crippen molar-refractivity contribution < 1.29 is 4.74 Å². The smallest absolute Gasteiger partial charge is 0.0783 e. The summed E-state index contributed by atoms with van der Waals surface area (Å²) in [6, 6.07) is 8.08. The first-order valence-electron chi connectivity index (χ1n) is 5.47. The lowest BCUT2D eigenvalue weighted by molar-refractivity contribution is 0.185. The van der Waals surface area contributed by atoms with E-state index in [4.69, 9.17) is 4.74 Å². The highest BCUT2D eigenvalue weighted by Gasteiger charge is 2.05. The van der Waals surface area contributed by atoms with Crippen LogP contribution in [0, 0.1) is 0 Å². The van der Waals surface area contributed by atoms with Crippen LogP contribution in [-0.4, -0.2) is 29.2 Å². The van der Waals surface area contributed by atoms with Crippen LogP contribution < -0.4 is 5.32 Å². The Hall–Kier alpha value is -1.72. The quantitative estimate of drug-likeness (QED) is 0.839. The Kier molecular flexibility index (Phi) is 3.85. The molecule has 1 aromatic heterocycles. The van der Waals surface area contributed by atoms with Crippen LogP contribution in [0.5, 0.6) is 0 Å². The number of ether oxygens (including phenoxy) is 1. The Morgan fingerprint density at radius 2 is 2.29 bits per heavy atom. The van der Waals surface area contributed by atoms with Gasteiger partial charge in [-0.25, -0.2) is 4.68 Å². The molecule has 0 atom stereocenters. The molecule has 0 saturated heterocycles. The predicted octanol–water partition coefficient (Wildman–Crippen LogP) is 1.13. The van der Waals surface area contributed by atoms with E-state index in [1.807, 2.05) is 29.9 Å². The fraction of sp³-hybridized carbons (Fsp3) is 0.333. The maximum Gasteiger partial charge on any atom is 0.0783 e. The lowest BCUT2D eigenvalue weighted by atomic mass is 10.2. The van der Waals surface area contributed by atoms with Gasteiger partial charge in [-0.1, -0.05) is 17.3 Å². The van der Waals surface area contributed by atoms with Gasteiger partial charge in [0.15, 0.2) is 0 Å². The van der Waals surface area contributed by atoms with Crippen LogP contribution in [-0.2, 0) is 17.9 Å². The van der Waals surface area contributed by atoms with E-state index in [0.29, 0.717) is 6.61 Å². The number of rotatable bonds is 5. The van der Waals surface area contributed by atoms with E-state index in [0.717, 1.165) is 23.5 Å². The Labute approximate surface area is 100 Å². The van der Waals surface area contributed by atoms with Gasteiger partial charge in [-0.3, -0.25) is 0 Å².